The van der Waals surface area contributed by atoms with Crippen molar-refractivity contribution >= 4 is 17.7 Å². The summed E-state index contributed by atoms with van der Waals surface area (Å²) in [6.45, 7) is 6.60. The molecule has 0 saturated heterocycles. The van der Waals surface area contributed by atoms with Crippen LogP contribution in [0.15, 0.2) is 36.4 Å². The first-order valence-corrected chi connectivity index (χ1v) is 8.82. The molecule has 0 bridgehead atoms. The number of amides is 1. The molecule has 2 aromatic carbocycles. The van der Waals surface area contributed by atoms with Crippen molar-refractivity contribution in [2.75, 3.05) is 32.8 Å². The van der Waals surface area contributed by atoms with Crippen molar-refractivity contribution in [3.63, 3.8) is 0 Å². The number of carbonyl (C=O) groups excluding carboxylic acids is 1. The van der Waals surface area contributed by atoms with Crippen LogP contribution in [-0.4, -0.2) is 33.8 Å². The van der Waals surface area contributed by atoms with Crippen LogP contribution in [0.2, 0.25) is 0 Å². The summed E-state index contributed by atoms with van der Waals surface area (Å²) in [6, 6.07) is 9.69. The zero-order valence-corrected chi connectivity index (χ0v) is 16.8. The number of nitrogens with zero attached hydrogens (tertiary/aromatic N) is 1. The Morgan fingerprint density at radius 1 is 1.00 bits per heavy atom. The molecule has 1 amide bonds. The van der Waals surface area contributed by atoms with Gasteiger partial charge in [-0.15, -0.1) is 0 Å². The van der Waals surface area contributed by atoms with Gasteiger partial charge >= 0.3 is 0 Å². The van der Waals surface area contributed by atoms with E-state index in [1.165, 1.54) is 5.56 Å². The topological polar surface area (TPSA) is 48.0 Å². The molecule has 0 unspecified atom stereocenters. The van der Waals surface area contributed by atoms with Gasteiger partial charge in [0, 0.05) is 18.3 Å². The fourth-order valence-electron chi connectivity index (χ4n) is 3.01. The highest BCUT2D eigenvalue weighted by molar-refractivity contribution is 6.04. The fraction of sp³-hybridized carbons (Fsp3) is 0.318. The summed E-state index contributed by atoms with van der Waals surface area (Å²) >= 11 is 0. The van der Waals surface area contributed by atoms with Gasteiger partial charge in [-0.3, -0.25) is 4.79 Å². The van der Waals surface area contributed by atoms with Crippen LogP contribution in [-0.2, 0) is 4.79 Å². The smallest absolute Gasteiger partial charge is 0.250 e. The average molecular weight is 369 g/mol. The second-order valence-corrected chi connectivity index (χ2v) is 6.16. The number of ether oxygens (including phenoxy) is 3. The van der Waals surface area contributed by atoms with E-state index in [4.69, 9.17) is 14.2 Å². The van der Waals surface area contributed by atoms with Crippen LogP contribution in [0.1, 0.15) is 23.6 Å². The van der Waals surface area contributed by atoms with Crippen molar-refractivity contribution in [2.45, 2.75) is 20.8 Å². The lowest BCUT2D eigenvalue weighted by molar-refractivity contribution is -0.114. The van der Waals surface area contributed by atoms with Gasteiger partial charge in [-0.25, -0.2) is 0 Å². The molecule has 2 rings (SSSR count). The molecule has 0 N–H and O–H groups in total. The van der Waals surface area contributed by atoms with Crippen LogP contribution >= 0.6 is 0 Å². The van der Waals surface area contributed by atoms with Crippen LogP contribution < -0.4 is 19.1 Å². The Morgan fingerprint density at radius 2 is 1.63 bits per heavy atom. The summed E-state index contributed by atoms with van der Waals surface area (Å²) in [6.07, 6.45) is 3.31. The van der Waals surface area contributed by atoms with Gasteiger partial charge in [-0.2, -0.15) is 0 Å². The first kappa shape index (κ1) is 20.4. The van der Waals surface area contributed by atoms with Crippen LogP contribution in [0.3, 0.4) is 0 Å². The number of likely N-dealkylation sites (N-methyl/N-ethyl adjacent to an activating group) is 1. The molecule has 0 radical (unpaired) electrons. The largest absolute Gasteiger partial charge is 0.493 e. The average Bonchev–Trinajstić information content (AvgIpc) is 2.67. The molecule has 144 valence electrons. The Labute approximate surface area is 161 Å². The van der Waals surface area contributed by atoms with E-state index in [0.717, 1.165) is 16.8 Å². The van der Waals surface area contributed by atoms with E-state index in [-0.39, 0.29) is 5.91 Å². The Bertz CT molecular complexity index is 817. The summed E-state index contributed by atoms with van der Waals surface area (Å²) in [4.78, 5) is 14.5. The Morgan fingerprint density at radius 3 is 2.11 bits per heavy atom. The Kier molecular flexibility index (Phi) is 6.88. The van der Waals surface area contributed by atoms with E-state index in [9.17, 15) is 4.79 Å². The van der Waals surface area contributed by atoms with Gasteiger partial charge in [0.25, 0.3) is 5.91 Å². The van der Waals surface area contributed by atoms with E-state index >= 15 is 0 Å². The first-order valence-electron chi connectivity index (χ1n) is 8.82. The van der Waals surface area contributed by atoms with E-state index in [0.29, 0.717) is 23.8 Å². The van der Waals surface area contributed by atoms with Crippen LogP contribution in [0, 0.1) is 13.8 Å². The van der Waals surface area contributed by atoms with Gasteiger partial charge < -0.3 is 19.1 Å². The van der Waals surface area contributed by atoms with Gasteiger partial charge in [-0.1, -0.05) is 17.7 Å². The molecule has 0 atom stereocenters. The van der Waals surface area contributed by atoms with Crippen molar-refractivity contribution in [1.82, 2.24) is 0 Å². The molecule has 0 fully saturated rings. The van der Waals surface area contributed by atoms with Crippen molar-refractivity contribution in [3.8, 4) is 17.2 Å². The quantitative estimate of drug-likeness (QED) is 0.679. The number of benzene rings is 2. The normalized spacial score (nSPS) is 10.7. The number of hydrogen-bond donors (Lipinski definition) is 0. The predicted molar refractivity (Wildman–Crippen MR) is 109 cm³/mol. The minimum atomic E-state index is -0.0850. The summed E-state index contributed by atoms with van der Waals surface area (Å²) in [5.41, 5.74) is 3.95. The number of rotatable bonds is 7. The second-order valence-electron chi connectivity index (χ2n) is 6.16. The molecular weight excluding hydrogens is 342 g/mol. The molecule has 0 aromatic heterocycles. The number of methoxy groups -OCH3 is 3. The minimum absolute atomic E-state index is 0.0850. The van der Waals surface area contributed by atoms with Crippen LogP contribution in [0.4, 0.5) is 5.69 Å². The number of aryl methyl sites for hydroxylation is 2. The van der Waals surface area contributed by atoms with E-state index in [1.807, 2.05) is 32.9 Å². The maximum Gasteiger partial charge on any atom is 0.250 e. The van der Waals surface area contributed by atoms with Gasteiger partial charge in [0.1, 0.15) is 0 Å². The summed E-state index contributed by atoms with van der Waals surface area (Å²) < 4.78 is 16.0. The third-order valence-electron chi connectivity index (χ3n) is 4.33. The lowest BCUT2D eigenvalue weighted by Gasteiger charge is -2.22. The Hall–Kier alpha value is -2.95. The van der Waals surface area contributed by atoms with Crippen molar-refractivity contribution in [3.05, 3.63) is 53.1 Å². The molecule has 0 aliphatic rings. The van der Waals surface area contributed by atoms with E-state index in [1.54, 1.807) is 50.5 Å². The molecule has 2 aromatic rings. The lowest BCUT2D eigenvalue weighted by atomic mass is 10.1. The van der Waals surface area contributed by atoms with Gasteiger partial charge in [0.2, 0.25) is 5.75 Å². The number of hydrogen-bond acceptors (Lipinski definition) is 4. The van der Waals surface area contributed by atoms with Gasteiger partial charge in [0.05, 0.1) is 21.3 Å². The van der Waals surface area contributed by atoms with Crippen molar-refractivity contribution in [2.24, 2.45) is 0 Å². The van der Waals surface area contributed by atoms with E-state index in [2.05, 4.69) is 6.07 Å². The second kappa shape index (κ2) is 9.12. The van der Waals surface area contributed by atoms with Crippen LogP contribution in [0.5, 0.6) is 17.2 Å². The fourth-order valence-corrected chi connectivity index (χ4v) is 3.01. The van der Waals surface area contributed by atoms with Gasteiger partial charge in [0.15, 0.2) is 11.5 Å². The maximum atomic E-state index is 12.8. The monoisotopic (exact) mass is 369 g/mol. The third kappa shape index (κ3) is 4.61. The summed E-state index contributed by atoms with van der Waals surface area (Å²) in [5.74, 6) is 1.53. The highest BCUT2D eigenvalue weighted by atomic mass is 16.5. The molecule has 0 heterocycles. The van der Waals surface area contributed by atoms with Gasteiger partial charge in [-0.05, 0) is 56.2 Å². The van der Waals surface area contributed by atoms with Crippen molar-refractivity contribution < 1.29 is 19.0 Å². The minimum Gasteiger partial charge on any atom is -0.493 e. The molecule has 0 aliphatic heterocycles. The number of carbonyl (C=O) groups is 1. The third-order valence-corrected chi connectivity index (χ3v) is 4.33. The maximum absolute atomic E-state index is 12.8. The molecular formula is C22H27NO4. The molecule has 27 heavy (non-hydrogen) atoms. The summed E-state index contributed by atoms with van der Waals surface area (Å²) in [7, 11) is 4.69. The Balaban J connectivity index is 2.31. The molecule has 0 aliphatic carbocycles. The highest BCUT2D eigenvalue weighted by Crippen LogP contribution is 2.38. The summed E-state index contributed by atoms with van der Waals surface area (Å²) in [5, 5.41) is 0. The zero-order valence-electron chi connectivity index (χ0n) is 16.8. The molecule has 0 saturated carbocycles. The predicted octanol–water partition coefficient (Wildman–Crippen LogP) is 4.40. The first-order chi connectivity index (χ1) is 12.9. The van der Waals surface area contributed by atoms with Crippen molar-refractivity contribution in [1.29, 1.82) is 0 Å². The van der Waals surface area contributed by atoms with Crippen LogP contribution in [0.25, 0.3) is 6.08 Å². The number of anilines is 1. The molecule has 5 nitrogen and oxygen atoms in total. The standard InChI is InChI=1S/C22H27NO4/c1-7-23(18-10-8-15(2)12-16(18)3)21(24)11-9-17-13-19(25-4)22(27-6)20(14-17)26-5/h8-14H,7H2,1-6H3/b11-9+. The van der Waals surface area contributed by atoms with E-state index < -0.39 is 0 Å². The highest BCUT2D eigenvalue weighted by Gasteiger charge is 2.15. The molecule has 5 heteroatoms. The zero-order chi connectivity index (χ0) is 20.0. The SMILES string of the molecule is CCN(C(=O)/C=C/c1cc(OC)c(OC)c(OC)c1)c1ccc(C)cc1C. The lowest BCUT2D eigenvalue weighted by Crippen LogP contribution is -2.29. The molecule has 0 spiro atoms.